The quantitative estimate of drug-likeness (QED) is 0.858. The first-order valence-corrected chi connectivity index (χ1v) is 9.40. The van der Waals surface area contributed by atoms with Crippen LogP contribution in [0.15, 0.2) is 41.1 Å². The van der Waals surface area contributed by atoms with E-state index >= 15 is 0 Å². The molecule has 27 heavy (non-hydrogen) atoms. The van der Waals surface area contributed by atoms with Gasteiger partial charge in [0.05, 0.1) is 11.3 Å². The number of nitrogens with zero attached hydrogens (tertiary/aromatic N) is 2. The fourth-order valence-corrected chi connectivity index (χ4v) is 3.49. The summed E-state index contributed by atoms with van der Waals surface area (Å²) in [6.45, 7) is -1.17. The molecule has 144 valence electrons. The Hall–Kier alpha value is -2.68. The number of nitrogens with one attached hydrogen (secondary N) is 1. The molecule has 0 radical (unpaired) electrons. The van der Waals surface area contributed by atoms with E-state index in [9.17, 15) is 18.4 Å². The van der Waals surface area contributed by atoms with Crippen LogP contribution in [-0.2, 0) is 0 Å². The van der Waals surface area contributed by atoms with Gasteiger partial charge in [0.25, 0.3) is 5.91 Å². The van der Waals surface area contributed by atoms with Gasteiger partial charge in [0.1, 0.15) is 5.75 Å². The van der Waals surface area contributed by atoms with Gasteiger partial charge in [0.15, 0.2) is 0 Å². The Morgan fingerprint density at radius 2 is 1.81 bits per heavy atom. The van der Waals surface area contributed by atoms with E-state index in [1.807, 2.05) is 5.38 Å². The maximum Gasteiger partial charge on any atom is 0.387 e. The van der Waals surface area contributed by atoms with Crippen molar-refractivity contribution in [1.29, 1.82) is 0 Å². The van der Waals surface area contributed by atoms with Crippen molar-refractivity contribution in [2.45, 2.75) is 13.0 Å². The van der Waals surface area contributed by atoms with Gasteiger partial charge in [-0.2, -0.15) is 20.1 Å². The lowest BCUT2D eigenvalue weighted by Crippen LogP contribution is -2.39. The predicted octanol–water partition coefficient (Wildman–Crippen LogP) is 3.73. The van der Waals surface area contributed by atoms with Gasteiger partial charge < -0.3 is 19.9 Å². The molecule has 1 aromatic carbocycles. The molecule has 2 aromatic rings. The summed E-state index contributed by atoms with van der Waals surface area (Å²) in [6.07, 6.45) is 0.637. The standard InChI is InChI=1S/C18H19F2N3O3S/c19-17(20)26-15-5-2-1-4-14(15)21-18(25)23-8-3-7-22(9-10-23)16(24)13-6-11-27-12-13/h1-2,4-6,11-12,17H,3,7-10H2,(H,21,25). The maximum atomic E-state index is 12.5. The molecule has 0 spiro atoms. The van der Waals surface area contributed by atoms with E-state index in [1.165, 1.54) is 23.5 Å². The lowest BCUT2D eigenvalue weighted by atomic mass is 10.3. The smallest absolute Gasteiger partial charge is 0.387 e. The molecule has 1 aromatic heterocycles. The van der Waals surface area contributed by atoms with Crippen LogP contribution in [0.25, 0.3) is 0 Å². The zero-order valence-electron chi connectivity index (χ0n) is 14.4. The second-order valence-electron chi connectivity index (χ2n) is 5.95. The molecule has 0 bridgehead atoms. The summed E-state index contributed by atoms with van der Waals surface area (Å²) in [5, 5.41) is 6.27. The van der Waals surface area contributed by atoms with Crippen molar-refractivity contribution < 1.29 is 23.1 Å². The van der Waals surface area contributed by atoms with Crippen molar-refractivity contribution in [3.63, 3.8) is 0 Å². The number of ether oxygens (including phenoxy) is 1. The second kappa shape index (κ2) is 8.81. The van der Waals surface area contributed by atoms with Crippen LogP contribution < -0.4 is 10.1 Å². The molecule has 1 saturated heterocycles. The first-order chi connectivity index (χ1) is 13.0. The van der Waals surface area contributed by atoms with Crippen molar-refractivity contribution >= 4 is 29.0 Å². The Morgan fingerprint density at radius 3 is 2.56 bits per heavy atom. The van der Waals surface area contributed by atoms with Gasteiger partial charge in [-0.3, -0.25) is 4.79 Å². The van der Waals surface area contributed by atoms with Crippen LogP contribution in [-0.4, -0.2) is 54.5 Å². The third kappa shape index (κ3) is 4.94. The van der Waals surface area contributed by atoms with E-state index in [0.717, 1.165) is 0 Å². The molecule has 6 nitrogen and oxygen atoms in total. The summed E-state index contributed by atoms with van der Waals surface area (Å²) in [4.78, 5) is 28.3. The maximum absolute atomic E-state index is 12.5. The first kappa shape index (κ1) is 19.1. The number of benzene rings is 1. The molecule has 2 heterocycles. The molecule has 0 aliphatic carbocycles. The van der Waals surface area contributed by atoms with Crippen LogP contribution >= 0.6 is 11.3 Å². The molecule has 1 N–H and O–H groups in total. The van der Waals surface area contributed by atoms with Crippen molar-refractivity contribution in [1.82, 2.24) is 9.80 Å². The minimum Gasteiger partial charge on any atom is -0.433 e. The average Bonchev–Trinajstić information content (AvgIpc) is 3.06. The molecule has 1 fully saturated rings. The monoisotopic (exact) mass is 395 g/mol. The molecular formula is C18H19F2N3O3S. The number of alkyl halides is 2. The molecule has 3 amide bonds. The van der Waals surface area contributed by atoms with Crippen molar-refractivity contribution in [2.24, 2.45) is 0 Å². The molecule has 9 heteroatoms. The van der Waals surface area contributed by atoms with Crippen LogP contribution in [0.2, 0.25) is 0 Å². The van der Waals surface area contributed by atoms with Gasteiger partial charge in [-0.15, -0.1) is 0 Å². The highest BCUT2D eigenvalue weighted by molar-refractivity contribution is 7.08. The van der Waals surface area contributed by atoms with E-state index in [2.05, 4.69) is 10.1 Å². The average molecular weight is 395 g/mol. The molecule has 0 unspecified atom stereocenters. The van der Waals surface area contributed by atoms with Crippen LogP contribution in [0.1, 0.15) is 16.8 Å². The Kier molecular flexibility index (Phi) is 6.23. The van der Waals surface area contributed by atoms with E-state index in [1.54, 1.807) is 33.4 Å². The minimum absolute atomic E-state index is 0.0470. The first-order valence-electron chi connectivity index (χ1n) is 8.46. The van der Waals surface area contributed by atoms with Gasteiger partial charge >= 0.3 is 12.6 Å². The molecule has 1 aliphatic heterocycles. The number of para-hydroxylation sites is 2. The largest absolute Gasteiger partial charge is 0.433 e. The summed E-state index contributed by atoms with van der Waals surface area (Å²) >= 11 is 1.46. The van der Waals surface area contributed by atoms with E-state index in [4.69, 9.17) is 0 Å². The Bertz CT molecular complexity index is 786. The number of urea groups is 1. The SMILES string of the molecule is O=C(Nc1ccccc1OC(F)F)N1CCCN(C(=O)c2ccsc2)CC1. The third-order valence-electron chi connectivity index (χ3n) is 4.18. The highest BCUT2D eigenvalue weighted by Crippen LogP contribution is 2.26. The summed E-state index contributed by atoms with van der Waals surface area (Å²) in [6, 6.07) is 7.41. The lowest BCUT2D eigenvalue weighted by Gasteiger charge is -2.23. The fourth-order valence-electron chi connectivity index (χ4n) is 2.86. The lowest BCUT2D eigenvalue weighted by molar-refractivity contribution is -0.0493. The third-order valence-corrected chi connectivity index (χ3v) is 4.87. The van der Waals surface area contributed by atoms with Gasteiger partial charge in [0, 0.05) is 31.6 Å². The highest BCUT2D eigenvalue weighted by atomic mass is 32.1. The zero-order chi connectivity index (χ0) is 19.2. The number of carbonyl (C=O) groups is 2. The van der Waals surface area contributed by atoms with Crippen molar-refractivity contribution in [3.05, 3.63) is 46.7 Å². The number of hydrogen-bond donors (Lipinski definition) is 1. The fraction of sp³-hybridized carbons (Fsp3) is 0.333. The Labute approximate surface area is 159 Å². The molecule has 1 aliphatic rings. The van der Waals surface area contributed by atoms with Gasteiger partial charge in [0.2, 0.25) is 0 Å². The van der Waals surface area contributed by atoms with Crippen LogP contribution in [0.3, 0.4) is 0 Å². The molecule has 0 saturated carbocycles. The van der Waals surface area contributed by atoms with Gasteiger partial charge in [-0.25, -0.2) is 4.79 Å². The Morgan fingerprint density at radius 1 is 1.07 bits per heavy atom. The van der Waals surface area contributed by atoms with E-state index in [-0.39, 0.29) is 17.3 Å². The molecule has 3 rings (SSSR count). The molecular weight excluding hydrogens is 376 g/mol. The summed E-state index contributed by atoms with van der Waals surface area (Å²) in [5.41, 5.74) is 0.828. The number of carbonyl (C=O) groups excluding carboxylic acids is 2. The van der Waals surface area contributed by atoms with E-state index in [0.29, 0.717) is 38.2 Å². The molecule has 0 atom stereocenters. The predicted molar refractivity (Wildman–Crippen MR) is 98.5 cm³/mol. The summed E-state index contributed by atoms with van der Waals surface area (Å²) in [5.74, 6) is -0.140. The van der Waals surface area contributed by atoms with Crippen LogP contribution in [0.5, 0.6) is 5.75 Å². The van der Waals surface area contributed by atoms with Crippen molar-refractivity contribution in [3.8, 4) is 5.75 Å². The topological polar surface area (TPSA) is 61.9 Å². The minimum atomic E-state index is -2.97. The summed E-state index contributed by atoms with van der Waals surface area (Å²) < 4.78 is 29.4. The van der Waals surface area contributed by atoms with Gasteiger partial charge in [-0.1, -0.05) is 12.1 Å². The van der Waals surface area contributed by atoms with Crippen LogP contribution in [0, 0.1) is 0 Å². The number of halogens is 2. The second-order valence-corrected chi connectivity index (χ2v) is 6.73. The normalized spacial score (nSPS) is 14.8. The highest BCUT2D eigenvalue weighted by Gasteiger charge is 2.23. The van der Waals surface area contributed by atoms with Crippen molar-refractivity contribution in [2.75, 3.05) is 31.5 Å². The number of thiophene rings is 1. The zero-order valence-corrected chi connectivity index (χ0v) is 15.3. The Balaban J connectivity index is 1.61. The number of rotatable bonds is 4. The number of amides is 3. The van der Waals surface area contributed by atoms with Gasteiger partial charge in [-0.05, 0) is 30.0 Å². The van der Waals surface area contributed by atoms with E-state index < -0.39 is 12.6 Å². The van der Waals surface area contributed by atoms with Crippen LogP contribution in [0.4, 0.5) is 19.3 Å². The number of hydrogen-bond acceptors (Lipinski definition) is 4. The summed E-state index contributed by atoms with van der Waals surface area (Å²) in [7, 11) is 0. The number of anilines is 1.